The van der Waals surface area contributed by atoms with Gasteiger partial charge in [0.15, 0.2) is 0 Å². The highest BCUT2D eigenvalue weighted by Crippen LogP contribution is 2.34. The molecule has 0 nitrogen and oxygen atoms in total. The third-order valence-corrected chi connectivity index (χ3v) is 4.17. The van der Waals surface area contributed by atoms with Crippen molar-refractivity contribution >= 4 is 0 Å². The van der Waals surface area contributed by atoms with E-state index in [1.165, 1.54) is 44.9 Å². The van der Waals surface area contributed by atoms with E-state index in [4.69, 9.17) is 0 Å². The van der Waals surface area contributed by atoms with Gasteiger partial charge >= 0.3 is 0 Å². The summed E-state index contributed by atoms with van der Waals surface area (Å²) >= 11 is 0. The van der Waals surface area contributed by atoms with E-state index >= 15 is 0 Å². The summed E-state index contributed by atoms with van der Waals surface area (Å²) in [5, 5.41) is 0. The fourth-order valence-electron chi connectivity index (χ4n) is 2.75. The van der Waals surface area contributed by atoms with Crippen molar-refractivity contribution in [2.75, 3.05) is 0 Å². The second kappa shape index (κ2) is 12.3. The third-order valence-electron chi connectivity index (χ3n) is 4.17. The summed E-state index contributed by atoms with van der Waals surface area (Å²) in [5.74, 6) is 4.88. The lowest BCUT2D eigenvalue weighted by atomic mass is 9.80. The molecule has 2 fully saturated rings. The van der Waals surface area contributed by atoms with Crippen LogP contribution in [0.1, 0.15) is 92.9 Å². The van der Waals surface area contributed by atoms with Crippen LogP contribution >= 0.6 is 0 Å². The Labute approximate surface area is 135 Å². The molecule has 0 radical (unpaired) electrons. The van der Waals surface area contributed by atoms with Crippen LogP contribution in [0.25, 0.3) is 0 Å². The zero-order valence-electron chi connectivity index (χ0n) is 15.8. The van der Waals surface area contributed by atoms with Crippen molar-refractivity contribution < 1.29 is 0 Å². The van der Waals surface area contributed by atoms with Gasteiger partial charge in [-0.2, -0.15) is 0 Å². The third kappa shape index (κ3) is 15.9. The summed E-state index contributed by atoms with van der Waals surface area (Å²) in [7, 11) is 0. The molecule has 0 unspecified atom stereocenters. The number of hydrogen-bond acceptors (Lipinski definition) is 0. The molecule has 2 saturated carbocycles. The molecule has 0 N–H and O–H groups in total. The first-order valence-electron chi connectivity index (χ1n) is 9.45. The molecule has 2 aliphatic rings. The van der Waals surface area contributed by atoms with Gasteiger partial charge in [0.2, 0.25) is 0 Å². The average Bonchev–Trinajstić information content (AvgIpc) is 3.08. The van der Waals surface area contributed by atoms with Gasteiger partial charge in [0, 0.05) is 0 Å². The van der Waals surface area contributed by atoms with E-state index in [-0.39, 0.29) is 0 Å². The first-order valence-corrected chi connectivity index (χ1v) is 9.45. The number of allylic oxidation sites excluding steroid dienone is 1. The maximum absolute atomic E-state index is 3.60. The lowest BCUT2D eigenvalue weighted by molar-refractivity contribution is 0.264. The average molecular weight is 295 g/mol. The molecule has 21 heavy (non-hydrogen) atoms. The molecule has 2 rings (SSSR count). The predicted octanol–water partition coefficient (Wildman–Crippen LogP) is 7.49. The summed E-state index contributed by atoms with van der Waals surface area (Å²) < 4.78 is 0. The minimum absolute atomic E-state index is 0.780. The Morgan fingerprint density at radius 1 is 0.762 bits per heavy atom. The van der Waals surface area contributed by atoms with E-state index in [2.05, 4.69) is 48.1 Å². The fraction of sp³-hybridized carbons (Fsp3) is 0.905. The minimum atomic E-state index is 0.780. The van der Waals surface area contributed by atoms with Crippen molar-refractivity contribution in [1.82, 2.24) is 0 Å². The second-order valence-corrected chi connectivity index (χ2v) is 8.42. The molecule has 0 spiro atoms. The summed E-state index contributed by atoms with van der Waals surface area (Å²) in [6.07, 6.45) is 13.6. The van der Waals surface area contributed by atoms with Gasteiger partial charge in [-0.1, -0.05) is 79.7 Å². The van der Waals surface area contributed by atoms with E-state index in [1.54, 1.807) is 0 Å². The van der Waals surface area contributed by atoms with Crippen molar-refractivity contribution in [2.24, 2.45) is 29.6 Å². The highest BCUT2D eigenvalue weighted by Gasteiger charge is 2.21. The van der Waals surface area contributed by atoms with Crippen molar-refractivity contribution in [3.05, 3.63) is 12.7 Å². The Bertz CT molecular complexity index is 228. The molecule has 0 aromatic heterocycles. The van der Waals surface area contributed by atoms with E-state index < -0.39 is 0 Å². The Hall–Kier alpha value is -0.260. The van der Waals surface area contributed by atoms with E-state index in [0.717, 1.165) is 36.0 Å². The van der Waals surface area contributed by atoms with Crippen LogP contribution in [-0.2, 0) is 0 Å². The highest BCUT2D eigenvalue weighted by molar-refractivity contribution is 4.73. The van der Waals surface area contributed by atoms with Crippen LogP contribution in [0.2, 0.25) is 0 Å². The molecule has 0 amide bonds. The smallest absolute Gasteiger partial charge is 0.0330 e. The maximum atomic E-state index is 3.60. The summed E-state index contributed by atoms with van der Waals surface area (Å²) in [5.41, 5.74) is 0. The Morgan fingerprint density at radius 2 is 1.19 bits per heavy atom. The summed E-state index contributed by atoms with van der Waals surface area (Å²) in [6, 6.07) is 0. The van der Waals surface area contributed by atoms with Gasteiger partial charge in [-0.15, -0.1) is 6.58 Å². The largest absolute Gasteiger partial charge is 0.103 e. The van der Waals surface area contributed by atoms with Gasteiger partial charge in [-0.05, 0) is 48.9 Å². The Kier molecular flexibility index (Phi) is 12.1. The molecular formula is C21H42. The van der Waals surface area contributed by atoms with Crippen LogP contribution in [0.15, 0.2) is 12.7 Å². The van der Waals surface area contributed by atoms with Crippen molar-refractivity contribution in [2.45, 2.75) is 92.9 Å². The fourth-order valence-corrected chi connectivity index (χ4v) is 2.75. The van der Waals surface area contributed by atoms with Crippen LogP contribution in [0.4, 0.5) is 0 Å². The maximum Gasteiger partial charge on any atom is -0.0330 e. The summed E-state index contributed by atoms with van der Waals surface area (Å²) in [4.78, 5) is 0. The molecule has 0 aromatic rings. The summed E-state index contributed by atoms with van der Waals surface area (Å²) in [6.45, 7) is 17.2. The second-order valence-electron chi connectivity index (χ2n) is 8.42. The van der Waals surface area contributed by atoms with Crippen LogP contribution in [0.5, 0.6) is 0 Å². The van der Waals surface area contributed by atoms with Crippen LogP contribution < -0.4 is 0 Å². The van der Waals surface area contributed by atoms with E-state index in [9.17, 15) is 0 Å². The zero-order valence-corrected chi connectivity index (χ0v) is 15.8. The predicted molar refractivity (Wildman–Crippen MR) is 98.6 cm³/mol. The number of rotatable bonds is 6. The first kappa shape index (κ1) is 20.7. The topological polar surface area (TPSA) is 0 Å². The molecule has 0 aliphatic heterocycles. The van der Waals surface area contributed by atoms with E-state index in [1.807, 2.05) is 6.08 Å². The standard InChI is InChI=1S/C8H16.C7H14.C6H12/c1-7(2)6-8-4-3-5-8;1-6(2)5-7-3-4-7;1-4-5-6(2)3/h7-8H,3-6H2,1-2H3;6-7H,3-5H2,1-2H3;4,6H,1,5H2,2-3H3. The van der Waals surface area contributed by atoms with Gasteiger partial charge in [0.1, 0.15) is 0 Å². The molecular weight excluding hydrogens is 252 g/mol. The molecule has 0 bridgehead atoms. The van der Waals surface area contributed by atoms with Gasteiger partial charge < -0.3 is 0 Å². The van der Waals surface area contributed by atoms with Crippen molar-refractivity contribution in [3.63, 3.8) is 0 Å². The van der Waals surface area contributed by atoms with Crippen LogP contribution in [0, 0.1) is 29.6 Å². The lowest BCUT2D eigenvalue weighted by Crippen LogP contribution is -2.12. The molecule has 0 heteroatoms. The number of hydrogen-bond donors (Lipinski definition) is 0. The quantitative estimate of drug-likeness (QED) is 0.445. The van der Waals surface area contributed by atoms with Gasteiger partial charge in [0.05, 0.1) is 0 Å². The van der Waals surface area contributed by atoms with Crippen molar-refractivity contribution in [3.8, 4) is 0 Å². The molecule has 126 valence electrons. The molecule has 0 heterocycles. The van der Waals surface area contributed by atoms with Gasteiger partial charge in [0.25, 0.3) is 0 Å². The Morgan fingerprint density at radius 3 is 1.29 bits per heavy atom. The molecule has 0 aromatic carbocycles. The molecule has 0 atom stereocenters. The first-order chi connectivity index (χ1) is 9.85. The van der Waals surface area contributed by atoms with Gasteiger partial charge in [-0.25, -0.2) is 0 Å². The van der Waals surface area contributed by atoms with Gasteiger partial charge in [-0.3, -0.25) is 0 Å². The van der Waals surface area contributed by atoms with Crippen LogP contribution in [-0.4, -0.2) is 0 Å². The highest BCUT2D eigenvalue weighted by atomic mass is 14.3. The minimum Gasteiger partial charge on any atom is -0.103 e. The molecule has 0 saturated heterocycles. The normalized spacial score (nSPS) is 17.8. The monoisotopic (exact) mass is 294 g/mol. The van der Waals surface area contributed by atoms with E-state index in [0.29, 0.717) is 0 Å². The molecule has 2 aliphatic carbocycles. The van der Waals surface area contributed by atoms with Crippen molar-refractivity contribution in [1.29, 1.82) is 0 Å². The zero-order chi connectivity index (χ0) is 16.3. The SMILES string of the molecule is C=CCC(C)C.CC(C)CC1CC1.CC(C)CC1CCC1. The lowest BCUT2D eigenvalue weighted by Gasteiger charge is -2.26. The Balaban J connectivity index is 0.000000290. The van der Waals surface area contributed by atoms with Crippen LogP contribution in [0.3, 0.4) is 0 Å².